The van der Waals surface area contributed by atoms with E-state index in [0.717, 1.165) is 11.1 Å². The van der Waals surface area contributed by atoms with Gasteiger partial charge in [0.15, 0.2) is 17.0 Å². The molecule has 0 aliphatic carbocycles. The second-order valence-electron chi connectivity index (χ2n) is 7.02. The van der Waals surface area contributed by atoms with Crippen molar-refractivity contribution in [1.82, 2.24) is 5.32 Å². The van der Waals surface area contributed by atoms with Crippen LogP contribution < -0.4 is 20.1 Å². The molecule has 2 N–H and O–H groups in total. The number of carbonyl (C=O) groups is 1. The van der Waals surface area contributed by atoms with Crippen molar-refractivity contribution in [3.8, 4) is 11.5 Å². The van der Waals surface area contributed by atoms with Gasteiger partial charge in [0.1, 0.15) is 12.4 Å². The average molecular weight is 451 g/mol. The Balaban J connectivity index is 1.47. The third-order valence-electron chi connectivity index (χ3n) is 4.69. The Kier molecular flexibility index (Phi) is 6.97. The fourth-order valence-electron chi connectivity index (χ4n) is 3.17. The van der Waals surface area contributed by atoms with Gasteiger partial charge in [0.05, 0.1) is 17.2 Å². The molecule has 1 amide bonds. The number of hydrogen-bond donors (Lipinski definition) is 2. The topological polar surface area (TPSA) is 59.6 Å². The maximum Gasteiger partial charge on any atom is 0.260 e. The largest absolute Gasteiger partial charge is 0.490 e. The van der Waals surface area contributed by atoms with Crippen LogP contribution in [0.1, 0.15) is 18.1 Å². The summed E-state index contributed by atoms with van der Waals surface area (Å²) in [6, 6.07) is 21.8. The summed E-state index contributed by atoms with van der Waals surface area (Å²) in [5.74, 6) is 0.668. The van der Waals surface area contributed by atoms with E-state index in [-0.39, 0.29) is 11.7 Å². The number of nitrogens with one attached hydrogen (secondary N) is 2. The predicted octanol–water partition coefficient (Wildman–Crippen LogP) is 5.40. The lowest BCUT2D eigenvalue weighted by molar-refractivity contribution is -0.116. The van der Waals surface area contributed by atoms with Gasteiger partial charge < -0.3 is 20.1 Å². The van der Waals surface area contributed by atoms with Crippen LogP contribution in [0.4, 0.5) is 10.1 Å². The molecule has 1 saturated heterocycles. The lowest BCUT2D eigenvalue weighted by atomic mass is 10.2. The molecule has 4 rings (SSSR count). The molecule has 32 heavy (non-hydrogen) atoms. The average Bonchev–Trinajstić information content (AvgIpc) is 3.14. The quantitative estimate of drug-likeness (QED) is 0.450. The Morgan fingerprint density at radius 1 is 1.03 bits per heavy atom. The van der Waals surface area contributed by atoms with Crippen molar-refractivity contribution in [3.05, 3.63) is 94.6 Å². The molecule has 3 aromatic rings. The number of hydrogen-bond acceptors (Lipinski definition) is 5. The fourth-order valence-corrected chi connectivity index (χ4v) is 4.15. The summed E-state index contributed by atoms with van der Waals surface area (Å²) in [5, 5.41) is 5.81. The molecule has 0 saturated carbocycles. The maximum absolute atomic E-state index is 13.9. The highest BCUT2D eigenvalue weighted by Gasteiger charge is 2.27. The van der Waals surface area contributed by atoms with Crippen LogP contribution in [-0.2, 0) is 11.4 Å². The number of anilines is 1. The van der Waals surface area contributed by atoms with Gasteiger partial charge in [0.25, 0.3) is 5.91 Å². The molecule has 7 heteroatoms. The summed E-state index contributed by atoms with van der Waals surface area (Å²) in [6.45, 7) is 2.83. The van der Waals surface area contributed by atoms with E-state index in [4.69, 9.17) is 9.47 Å². The van der Waals surface area contributed by atoms with Gasteiger partial charge in [-0.2, -0.15) is 0 Å². The van der Waals surface area contributed by atoms with E-state index in [1.54, 1.807) is 24.3 Å². The molecule has 3 aromatic carbocycles. The number of amides is 1. The molecular formula is C25H23FN2O3S. The molecule has 1 aliphatic rings. The van der Waals surface area contributed by atoms with E-state index < -0.39 is 5.50 Å². The van der Waals surface area contributed by atoms with E-state index in [0.29, 0.717) is 35.3 Å². The number of carbonyl (C=O) groups excluding carboxylic acids is 1. The summed E-state index contributed by atoms with van der Waals surface area (Å²) in [4.78, 5) is 12.9. The molecule has 0 aromatic heterocycles. The van der Waals surface area contributed by atoms with E-state index >= 15 is 0 Å². The Morgan fingerprint density at radius 3 is 2.59 bits per heavy atom. The highest BCUT2D eigenvalue weighted by atomic mass is 32.2. The first-order valence-electron chi connectivity index (χ1n) is 10.3. The van der Waals surface area contributed by atoms with Gasteiger partial charge in [-0.1, -0.05) is 60.3 Å². The van der Waals surface area contributed by atoms with Crippen LogP contribution >= 0.6 is 11.8 Å². The first-order valence-corrected chi connectivity index (χ1v) is 11.1. The van der Waals surface area contributed by atoms with E-state index in [2.05, 4.69) is 10.6 Å². The Bertz CT molecular complexity index is 1120. The lowest BCUT2D eigenvalue weighted by Gasteiger charge is -2.13. The van der Waals surface area contributed by atoms with Crippen molar-refractivity contribution in [1.29, 1.82) is 0 Å². The molecule has 5 nitrogen and oxygen atoms in total. The molecule has 1 fully saturated rings. The van der Waals surface area contributed by atoms with Crippen molar-refractivity contribution >= 4 is 29.4 Å². The minimum atomic E-state index is -0.453. The van der Waals surface area contributed by atoms with Crippen LogP contribution in [0.2, 0.25) is 0 Å². The molecule has 1 aliphatic heterocycles. The van der Waals surface area contributed by atoms with Crippen LogP contribution in [-0.4, -0.2) is 18.0 Å². The normalized spacial score (nSPS) is 16.6. The van der Waals surface area contributed by atoms with E-state index in [1.165, 1.54) is 17.8 Å². The third kappa shape index (κ3) is 5.42. The molecule has 1 heterocycles. The number of ether oxygens (including phenoxy) is 2. The van der Waals surface area contributed by atoms with Crippen molar-refractivity contribution in [3.63, 3.8) is 0 Å². The lowest BCUT2D eigenvalue weighted by Crippen LogP contribution is -2.31. The van der Waals surface area contributed by atoms with Gasteiger partial charge in [-0.3, -0.25) is 4.79 Å². The molecule has 1 unspecified atom stereocenters. The van der Waals surface area contributed by atoms with Crippen molar-refractivity contribution in [2.45, 2.75) is 19.0 Å². The summed E-state index contributed by atoms with van der Waals surface area (Å²) in [6.07, 6.45) is 1.78. The van der Waals surface area contributed by atoms with Gasteiger partial charge in [0.2, 0.25) is 0 Å². The van der Waals surface area contributed by atoms with Crippen LogP contribution in [0.3, 0.4) is 0 Å². The second kappa shape index (κ2) is 10.2. The SMILES string of the molecule is CCOc1cc(/C=C2\SC(Nc3ccccc3F)NC2=O)ccc1OCc1ccccc1. The Morgan fingerprint density at radius 2 is 1.81 bits per heavy atom. The van der Waals surface area contributed by atoms with Gasteiger partial charge in [-0.05, 0) is 48.4 Å². The van der Waals surface area contributed by atoms with Gasteiger partial charge in [-0.15, -0.1) is 0 Å². The summed E-state index contributed by atoms with van der Waals surface area (Å²) in [5.41, 5.74) is 1.76. The Hall–Kier alpha value is -3.45. The number of benzene rings is 3. The molecular weight excluding hydrogens is 427 g/mol. The minimum Gasteiger partial charge on any atom is -0.490 e. The predicted molar refractivity (Wildman–Crippen MR) is 126 cm³/mol. The van der Waals surface area contributed by atoms with Gasteiger partial charge in [-0.25, -0.2) is 4.39 Å². The third-order valence-corrected chi connectivity index (χ3v) is 5.72. The maximum atomic E-state index is 13.9. The number of rotatable bonds is 8. The first kappa shape index (κ1) is 21.8. The molecule has 1 atom stereocenters. The van der Waals surface area contributed by atoms with Gasteiger partial charge in [0, 0.05) is 0 Å². The number of thioether (sulfide) groups is 1. The van der Waals surface area contributed by atoms with Crippen LogP contribution in [0.25, 0.3) is 6.08 Å². The number of halogens is 1. The molecule has 0 bridgehead atoms. The smallest absolute Gasteiger partial charge is 0.260 e. The van der Waals surface area contributed by atoms with Crippen molar-refractivity contribution in [2.24, 2.45) is 0 Å². The van der Waals surface area contributed by atoms with Crippen LogP contribution in [0.15, 0.2) is 77.7 Å². The summed E-state index contributed by atoms with van der Waals surface area (Å²) < 4.78 is 25.6. The van der Waals surface area contributed by atoms with E-state index in [9.17, 15) is 9.18 Å². The summed E-state index contributed by atoms with van der Waals surface area (Å²) in [7, 11) is 0. The van der Waals surface area contributed by atoms with Gasteiger partial charge >= 0.3 is 0 Å². The first-order chi connectivity index (χ1) is 15.6. The highest BCUT2D eigenvalue weighted by Crippen LogP contribution is 2.34. The van der Waals surface area contributed by atoms with Crippen LogP contribution in [0.5, 0.6) is 11.5 Å². The van der Waals surface area contributed by atoms with Crippen LogP contribution in [0, 0.1) is 5.82 Å². The zero-order chi connectivity index (χ0) is 22.3. The standard InChI is InChI=1S/C25H23FN2O3S/c1-2-30-22-14-18(12-13-21(22)31-16-17-8-4-3-5-9-17)15-23-24(29)28-25(32-23)27-20-11-7-6-10-19(20)26/h3-15,25,27H,2,16H2,1H3,(H,28,29)/b23-15-. The van der Waals surface area contributed by atoms with Crippen molar-refractivity contribution in [2.75, 3.05) is 11.9 Å². The molecule has 0 radical (unpaired) electrons. The monoisotopic (exact) mass is 450 g/mol. The zero-order valence-electron chi connectivity index (χ0n) is 17.5. The number of para-hydroxylation sites is 1. The Labute approximate surface area is 190 Å². The van der Waals surface area contributed by atoms with Crippen molar-refractivity contribution < 1.29 is 18.7 Å². The highest BCUT2D eigenvalue weighted by molar-refractivity contribution is 8.05. The molecule has 164 valence electrons. The minimum absolute atomic E-state index is 0.216. The molecule has 0 spiro atoms. The summed E-state index contributed by atoms with van der Waals surface area (Å²) >= 11 is 1.30. The van der Waals surface area contributed by atoms with E-state index in [1.807, 2.05) is 55.5 Å². The second-order valence-corrected chi connectivity index (χ2v) is 8.16. The fraction of sp³-hybridized carbons (Fsp3) is 0.160. The zero-order valence-corrected chi connectivity index (χ0v) is 18.3.